The van der Waals surface area contributed by atoms with Gasteiger partial charge in [-0.05, 0) is 33.1 Å². The molecule has 0 unspecified atom stereocenters. The van der Waals surface area contributed by atoms with Crippen molar-refractivity contribution in [3.05, 3.63) is 0 Å². The number of ether oxygens (including phenoxy) is 1. The van der Waals surface area contributed by atoms with Gasteiger partial charge >= 0.3 is 12.1 Å². The molecule has 0 bridgehead atoms. The van der Waals surface area contributed by atoms with Gasteiger partial charge in [0.1, 0.15) is 17.7 Å². The number of nitrogens with one attached hydrogen (secondary N) is 2. The first kappa shape index (κ1) is 21.7. The summed E-state index contributed by atoms with van der Waals surface area (Å²) < 4.78 is 5.10. The summed E-state index contributed by atoms with van der Waals surface area (Å²) in [4.78, 5) is 46.1. The number of carbonyl (C=O) groups excluding carboxylic acids is 3. The van der Waals surface area contributed by atoms with Gasteiger partial charge in [-0.2, -0.15) is 0 Å². The minimum absolute atomic E-state index is 0.131. The molecule has 24 heavy (non-hydrogen) atoms. The monoisotopic (exact) mass is 345 g/mol. The first-order chi connectivity index (χ1) is 10.8. The molecule has 9 heteroatoms. The summed E-state index contributed by atoms with van der Waals surface area (Å²) in [5, 5.41) is 13.5. The summed E-state index contributed by atoms with van der Waals surface area (Å²) >= 11 is 0. The van der Waals surface area contributed by atoms with Crippen LogP contribution in [-0.2, 0) is 19.1 Å². The van der Waals surface area contributed by atoms with Crippen LogP contribution in [0, 0.1) is 5.92 Å². The molecule has 9 nitrogen and oxygen atoms in total. The Morgan fingerprint density at radius 2 is 1.67 bits per heavy atom. The predicted molar refractivity (Wildman–Crippen MR) is 86.0 cm³/mol. The number of hydrogen-bond acceptors (Lipinski definition) is 5. The standard InChI is InChI=1S/C15H27N3O6/c1-8(2)11(18-14(23)24-15(3,4)5)13(22)17-9(12(16)21)6-7-10(19)20/h8-9,11H,6-7H2,1-5H3,(H2,16,21)(H,17,22)(H,18,23)(H,19,20)/t9-,11+/m1/s1. The van der Waals surface area contributed by atoms with Gasteiger partial charge in [0.2, 0.25) is 11.8 Å². The molecular weight excluding hydrogens is 318 g/mol. The molecule has 0 aromatic rings. The maximum absolute atomic E-state index is 12.3. The van der Waals surface area contributed by atoms with Crippen molar-refractivity contribution in [2.45, 2.75) is 65.1 Å². The van der Waals surface area contributed by atoms with E-state index in [1.165, 1.54) is 0 Å². The number of aliphatic carboxylic acids is 1. The Labute approximate surface area is 141 Å². The summed E-state index contributed by atoms with van der Waals surface area (Å²) in [6.45, 7) is 8.47. The van der Waals surface area contributed by atoms with Crippen LogP contribution >= 0.6 is 0 Å². The fraction of sp³-hybridized carbons (Fsp3) is 0.733. The smallest absolute Gasteiger partial charge is 0.408 e. The van der Waals surface area contributed by atoms with Gasteiger partial charge in [0.25, 0.3) is 0 Å². The maximum atomic E-state index is 12.3. The number of carboxylic acid groups (broad SMARTS) is 1. The van der Waals surface area contributed by atoms with E-state index in [4.69, 9.17) is 15.6 Å². The van der Waals surface area contributed by atoms with Crippen molar-refractivity contribution < 1.29 is 29.0 Å². The zero-order valence-corrected chi connectivity index (χ0v) is 14.7. The molecule has 0 saturated heterocycles. The van der Waals surface area contributed by atoms with E-state index in [2.05, 4.69) is 10.6 Å². The SMILES string of the molecule is CC(C)[C@H](NC(=O)OC(C)(C)C)C(=O)N[C@H](CCC(=O)O)C(N)=O. The van der Waals surface area contributed by atoms with Gasteiger partial charge in [-0.15, -0.1) is 0 Å². The number of alkyl carbamates (subject to hydrolysis) is 1. The Bertz CT molecular complexity index is 484. The summed E-state index contributed by atoms with van der Waals surface area (Å²) in [6.07, 6.45) is -1.22. The number of nitrogens with two attached hydrogens (primary N) is 1. The molecule has 2 atom stereocenters. The van der Waals surface area contributed by atoms with Crippen LogP contribution in [0.3, 0.4) is 0 Å². The average Bonchev–Trinajstić information content (AvgIpc) is 2.37. The van der Waals surface area contributed by atoms with Crippen molar-refractivity contribution in [3.63, 3.8) is 0 Å². The van der Waals surface area contributed by atoms with Crippen LogP contribution < -0.4 is 16.4 Å². The molecule has 0 fully saturated rings. The lowest BCUT2D eigenvalue weighted by molar-refractivity contribution is -0.138. The molecule has 138 valence electrons. The normalized spacial score (nSPS) is 13.8. The van der Waals surface area contributed by atoms with Crippen LogP contribution in [0.1, 0.15) is 47.5 Å². The molecule has 0 heterocycles. The molecule has 0 aromatic carbocycles. The molecule has 0 saturated carbocycles. The molecule has 3 amide bonds. The van der Waals surface area contributed by atoms with E-state index in [1.807, 2.05) is 0 Å². The highest BCUT2D eigenvalue weighted by Crippen LogP contribution is 2.09. The van der Waals surface area contributed by atoms with Crippen molar-refractivity contribution in [2.24, 2.45) is 11.7 Å². The number of rotatable bonds is 8. The van der Waals surface area contributed by atoms with E-state index in [0.29, 0.717) is 0 Å². The Hall–Kier alpha value is -2.32. The Kier molecular flexibility index (Phi) is 8.21. The number of hydrogen-bond donors (Lipinski definition) is 4. The highest BCUT2D eigenvalue weighted by Gasteiger charge is 2.29. The topological polar surface area (TPSA) is 148 Å². The van der Waals surface area contributed by atoms with Crippen molar-refractivity contribution in [3.8, 4) is 0 Å². The van der Waals surface area contributed by atoms with Crippen molar-refractivity contribution >= 4 is 23.9 Å². The number of amides is 3. The van der Waals surface area contributed by atoms with Gasteiger partial charge in [0, 0.05) is 6.42 Å². The quantitative estimate of drug-likeness (QED) is 0.499. The molecule has 0 aromatic heterocycles. The highest BCUT2D eigenvalue weighted by molar-refractivity contribution is 5.91. The zero-order chi connectivity index (χ0) is 19.1. The fourth-order valence-electron chi connectivity index (χ4n) is 1.78. The van der Waals surface area contributed by atoms with Gasteiger partial charge in [0.05, 0.1) is 0 Å². The van der Waals surface area contributed by atoms with Crippen LogP contribution in [-0.4, -0.2) is 46.7 Å². The molecule has 0 aliphatic heterocycles. The van der Waals surface area contributed by atoms with Gasteiger partial charge in [-0.3, -0.25) is 14.4 Å². The van der Waals surface area contributed by atoms with Crippen LogP contribution in [0.5, 0.6) is 0 Å². The summed E-state index contributed by atoms with van der Waals surface area (Å²) in [5.74, 6) is -2.87. The average molecular weight is 345 g/mol. The van der Waals surface area contributed by atoms with E-state index >= 15 is 0 Å². The molecule has 0 rings (SSSR count). The number of carbonyl (C=O) groups is 4. The van der Waals surface area contributed by atoms with E-state index in [1.54, 1.807) is 34.6 Å². The molecule has 0 radical (unpaired) electrons. The van der Waals surface area contributed by atoms with Gasteiger partial charge in [0.15, 0.2) is 0 Å². The summed E-state index contributed by atoms with van der Waals surface area (Å²) in [6, 6.07) is -2.08. The molecule has 0 aliphatic rings. The lowest BCUT2D eigenvalue weighted by Gasteiger charge is -2.26. The van der Waals surface area contributed by atoms with Gasteiger partial charge in [-0.1, -0.05) is 13.8 Å². The Morgan fingerprint density at radius 3 is 2.04 bits per heavy atom. The van der Waals surface area contributed by atoms with Crippen molar-refractivity contribution in [1.82, 2.24) is 10.6 Å². The van der Waals surface area contributed by atoms with E-state index in [-0.39, 0.29) is 18.8 Å². The lowest BCUT2D eigenvalue weighted by Crippen LogP contribution is -2.55. The molecule has 0 aliphatic carbocycles. The third-order valence-electron chi connectivity index (χ3n) is 2.93. The first-order valence-electron chi connectivity index (χ1n) is 7.64. The second-order valence-electron chi connectivity index (χ2n) is 6.76. The van der Waals surface area contributed by atoms with Crippen molar-refractivity contribution in [1.29, 1.82) is 0 Å². The minimum atomic E-state index is -1.13. The third kappa shape index (κ3) is 8.96. The predicted octanol–water partition coefficient (Wildman–Crippen LogP) is 0.371. The van der Waals surface area contributed by atoms with E-state index in [0.717, 1.165) is 0 Å². The van der Waals surface area contributed by atoms with Crippen LogP contribution in [0.2, 0.25) is 0 Å². The van der Waals surface area contributed by atoms with Crippen LogP contribution in [0.25, 0.3) is 0 Å². The zero-order valence-electron chi connectivity index (χ0n) is 14.7. The largest absolute Gasteiger partial charge is 0.481 e. The first-order valence-corrected chi connectivity index (χ1v) is 7.64. The van der Waals surface area contributed by atoms with Crippen LogP contribution in [0.4, 0.5) is 4.79 Å². The Morgan fingerprint density at radius 1 is 1.12 bits per heavy atom. The van der Waals surface area contributed by atoms with E-state index in [9.17, 15) is 19.2 Å². The second-order valence-corrected chi connectivity index (χ2v) is 6.76. The summed E-state index contributed by atoms with van der Waals surface area (Å²) in [5.41, 5.74) is 4.45. The third-order valence-corrected chi connectivity index (χ3v) is 2.93. The minimum Gasteiger partial charge on any atom is -0.481 e. The fourth-order valence-corrected chi connectivity index (χ4v) is 1.78. The van der Waals surface area contributed by atoms with E-state index < -0.39 is 41.6 Å². The van der Waals surface area contributed by atoms with Crippen LogP contribution in [0.15, 0.2) is 0 Å². The lowest BCUT2D eigenvalue weighted by atomic mass is 10.0. The van der Waals surface area contributed by atoms with Crippen molar-refractivity contribution in [2.75, 3.05) is 0 Å². The number of primary amides is 1. The summed E-state index contributed by atoms with van der Waals surface area (Å²) in [7, 11) is 0. The Balaban J connectivity index is 4.91. The molecule has 0 spiro atoms. The van der Waals surface area contributed by atoms with Gasteiger partial charge in [-0.25, -0.2) is 4.79 Å². The number of carboxylic acids is 1. The maximum Gasteiger partial charge on any atom is 0.408 e. The van der Waals surface area contributed by atoms with Gasteiger partial charge < -0.3 is 26.2 Å². The highest BCUT2D eigenvalue weighted by atomic mass is 16.6. The molecule has 5 N–H and O–H groups in total. The second kappa shape index (κ2) is 9.09. The molecular formula is C15H27N3O6.